The molecular formula is C15H27N5O. The Bertz CT molecular complexity index is 474. The maximum Gasteiger partial charge on any atom is 0.254 e. The van der Waals surface area contributed by atoms with Gasteiger partial charge in [-0.2, -0.15) is 5.10 Å². The summed E-state index contributed by atoms with van der Waals surface area (Å²) in [7, 11) is 3.98. The number of carbonyl (C=O) groups excluding carboxylic acids is 1. The molecule has 118 valence electrons. The quantitative estimate of drug-likeness (QED) is 0.862. The van der Waals surface area contributed by atoms with Crippen molar-refractivity contribution in [3.63, 3.8) is 0 Å². The molecule has 1 saturated heterocycles. The smallest absolute Gasteiger partial charge is 0.254 e. The summed E-state index contributed by atoms with van der Waals surface area (Å²) in [6, 6.07) is 0. The minimum absolute atomic E-state index is 0.0496. The Morgan fingerprint density at radius 2 is 1.95 bits per heavy atom. The van der Waals surface area contributed by atoms with Crippen LogP contribution in [0.1, 0.15) is 30.6 Å². The molecule has 2 rings (SSSR count). The molecule has 0 saturated carbocycles. The summed E-state index contributed by atoms with van der Waals surface area (Å²) in [5.74, 6) is -0.0496. The van der Waals surface area contributed by atoms with E-state index in [9.17, 15) is 4.79 Å². The fourth-order valence-electron chi connectivity index (χ4n) is 2.49. The molecule has 1 aliphatic rings. The van der Waals surface area contributed by atoms with Crippen LogP contribution in [0.3, 0.4) is 0 Å². The first-order valence-electron chi connectivity index (χ1n) is 7.58. The van der Waals surface area contributed by atoms with E-state index in [0.29, 0.717) is 5.56 Å². The Hall–Kier alpha value is -1.40. The zero-order valence-corrected chi connectivity index (χ0v) is 13.6. The molecule has 0 atom stereocenters. The highest BCUT2D eigenvalue weighted by molar-refractivity contribution is 5.94. The van der Waals surface area contributed by atoms with E-state index in [-0.39, 0.29) is 11.4 Å². The summed E-state index contributed by atoms with van der Waals surface area (Å²) in [4.78, 5) is 17.0. The van der Waals surface area contributed by atoms with Gasteiger partial charge in [-0.1, -0.05) is 0 Å². The summed E-state index contributed by atoms with van der Waals surface area (Å²) in [6.45, 7) is 9.67. The molecule has 0 aromatic carbocycles. The van der Waals surface area contributed by atoms with E-state index >= 15 is 0 Å². The highest BCUT2D eigenvalue weighted by atomic mass is 16.1. The molecule has 1 aliphatic heterocycles. The second-order valence-electron chi connectivity index (χ2n) is 6.64. The summed E-state index contributed by atoms with van der Waals surface area (Å²) in [5, 5.41) is 7.14. The second-order valence-corrected chi connectivity index (χ2v) is 6.64. The molecule has 1 aromatic heterocycles. The van der Waals surface area contributed by atoms with Crippen LogP contribution in [-0.4, -0.2) is 70.8 Å². The standard InChI is InChI=1S/C15H27N5O/c1-15(2,5-6-20-9-7-18(3)8-10-20)17-14(21)13-11-16-19(4)12-13/h11-12H,5-10H2,1-4H3,(H,17,21). The average molecular weight is 293 g/mol. The monoisotopic (exact) mass is 293 g/mol. The fourth-order valence-corrected chi connectivity index (χ4v) is 2.49. The van der Waals surface area contributed by atoms with Crippen LogP contribution in [0.2, 0.25) is 0 Å². The summed E-state index contributed by atoms with van der Waals surface area (Å²) in [5.41, 5.74) is 0.404. The molecule has 6 heteroatoms. The van der Waals surface area contributed by atoms with E-state index in [0.717, 1.165) is 39.1 Å². The molecule has 0 radical (unpaired) electrons. The van der Waals surface area contributed by atoms with Crippen LogP contribution in [0.4, 0.5) is 0 Å². The molecule has 0 aliphatic carbocycles. The average Bonchev–Trinajstić information content (AvgIpc) is 2.84. The predicted molar refractivity (Wildman–Crippen MR) is 83.3 cm³/mol. The predicted octanol–water partition coefficient (Wildman–Crippen LogP) is 0.566. The van der Waals surface area contributed by atoms with E-state index in [4.69, 9.17) is 0 Å². The number of rotatable bonds is 5. The van der Waals surface area contributed by atoms with E-state index in [1.807, 2.05) is 7.05 Å². The molecule has 1 N–H and O–H groups in total. The van der Waals surface area contributed by atoms with Gasteiger partial charge in [0.25, 0.3) is 5.91 Å². The van der Waals surface area contributed by atoms with E-state index in [2.05, 4.69) is 41.1 Å². The Kier molecular flexibility index (Phi) is 5.00. The SMILES string of the molecule is CN1CCN(CCC(C)(C)NC(=O)c2cnn(C)c2)CC1. The van der Waals surface area contributed by atoms with Crippen molar-refractivity contribution in [1.29, 1.82) is 0 Å². The van der Waals surface area contributed by atoms with Crippen LogP contribution in [0.5, 0.6) is 0 Å². The van der Waals surface area contributed by atoms with Crippen molar-refractivity contribution in [3.8, 4) is 0 Å². The number of nitrogens with one attached hydrogen (secondary N) is 1. The van der Waals surface area contributed by atoms with Crippen LogP contribution < -0.4 is 5.32 Å². The first-order chi connectivity index (χ1) is 9.85. The van der Waals surface area contributed by atoms with Gasteiger partial charge in [0, 0.05) is 51.5 Å². The normalized spacial score (nSPS) is 17.9. The van der Waals surface area contributed by atoms with Crippen molar-refractivity contribution < 1.29 is 4.79 Å². The third-order valence-electron chi connectivity index (χ3n) is 4.07. The lowest BCUT2D eigenvalue weighted by Gasteiger charge is -2.35. The molecule has 1 fully saturated rings. The lowest BCUT2D eigenvalue weighted by molar-refractivity contribution is 0.0893. The van der Waals surface area contributed by atoms with Gasteiger partial charge in [-0.05, 0) is 27.3 Å². The Morgan fingerprint density at radius 1 is 1.29 bits per heavy atom. The van der Waals surface area contributed by atoms with Crippen molar-refractivity contribution in [1.82, 2.24) is 24.9 Å². The van der Waals surface area contributed by atoms with Gasteiger partial charge in [-0.15, -0.1) is 0 Å². The molecule has 0 spiro atoms. The maximum absolute atomic E-state index is 12.2. The van der Waals surface area contributed by atoms with E-state index in [1.54, 1.807) is 17.1 Å². The van der Waals surface area contributed by atoms with Crippen LogP contribution in [0.15, 0.2) is 12.4 Å². The number of hydrogen-bond acceptors (Lipinski definition) is 4. The van der Waals surface area contributed by atoms with Gasteiger partial charge < -0.3 is 15.1 Å². The lowest BCUT2D eigenvalue weighted by atomic mass is 9.99. The fraction of sp³-hybridized carbons (Fsp3) is 0.733. The third kappa shape index (κ3) is 4.82. The molecule has 1 aromatic rings. The first-order valence-corrected chi connectivity index (χ1v) is 7.58. The second kappa shape index (κ2) is 6.58. The van der Waals surface area contributed by atoms with E-state index < -0.39 is 0 Å². The van der Waals surface area contributed by atoms with E-state index in [1.165, 1.54) is 0 Å². The van der Waals surface area contributed by atoms with Crippen LogP contribution >= 0.6 is 0 Å². The summed E-state index contributed by atoms with van der Waals surface area (Å²) >= 11 is 0. The van der Waals surface area contributed by atoms with Gasteiger partial charge in [-0.3, -0.25) is 9.48 Å². The first kappa shape index (κ1) is 16.0. The minimum Gasteiger partial charge on any atom is -0.347 e. The van der Waals surface area contributed by atoms with Crippen LogP contribution in [0, 0.1) is 0 Å². The van der Waals surface area contributed by atoms with Gasteiger partial charge in [0.1, 0.15) is 0 Å². The van der Waals surface area contributed by atoms with Crippen molar-refractivity contribution >= 4 is 5.91 Å². The topological polar surface area (TPSA) is 53.4 Å². The highest BCUT2D eigenvalue weighted by Gasteiger charge is 2.23. The molecule has 0 unspecified atom stereocenters. The minimum atomic E-state index is -0.212. The van der Waals surface area contributed by atoms with Crippen LogP contribution in [0.25, 0.3) is 0 Å². The van der Waals surface area contributed by atoms with Gasteiger partial charge in [0.15, 0.2) is 0 Å². The summed E-state index contributed by atoms with van der Waals surface area (Å²) in [6.07, 6.45) is 4.29. The number of piperazine rings is 1. The Morgan fingerprint density at radius 3 is 2.52 bits per heavy atom. The van der Waals surface area contributed by atoms with Gasteiger partial charge in [0.05, 0.1) is 11.8 Å². The van der Waals surface area contributed by atoms with Crippen molar-refractivity contribution in [2.24, 2.45) is 7.05 Å². The zero-order valence-electron chi connectivity index (χ0n) is 13.6. The van der Waals surface area contributed by atoms with Crippen molar-refractivity contribution in [3.05, 3.63) is 18.0 Å². The Labute approximate surface area is 127 Å². The molecular weight excluding hydrogens is 266 g/mol. The third-order valence-corrected chi connectivity index (χ3v) is 4.07. The molecule has 6 nitrogen and oxygen atoms in total. The molecule has 2 heterocycles. The Balaban J connectivity index is 1.80. The number of likely N-dealkylation sites (N-methyl/N-ethyl adjacent to an activating group) is 1. The van der Waals surface area contributed by atoms with Gasteiger partial charge >= 0.3 is 0 Å². The number of amides is 1. The van der Waals surface area contributed by atoms with Crippen molar-refractivity contribution in [2.75, 3.05) is 39.8 Å². The number of carbonyl (C=O) groups is 1. The number of aromatic nitrogens is 2. The number of hydrogen-bond donors (Lipinski definition) is 1. The van der Waals surface area contributed by atoms with Gasteiger partial charge in [0.2, 0.25) is 0 Å². The summed E-state index contributed by atoms with van der Waals surface area (Å²) < 4.78 is 1.64. The van der Waals surface area contributed by atoms with Crippen LogP contribution in [-0.2, 0) is 7.05 Å². The molecule has 21 heavy (non-hydrogen) atoms. The largest absolute Gasteiger partial charge is 0.347 e. The number of nitrogens with zero attached hydrogens (tertiary/aromatic N) is 4. The number of aryl methyl sites for hydroxylation is 1. The molecule has 0 bridgehead atoms. The zero-order chi connectivity index (χ0) is 15.5. The van der Waals surface area contributed by atoms with Gasteiger partial charge in [-0.25, -0.2) is 0 Å². The van der Waals surface area contributed by atoms with Crippen molar-refractivity contribution in [2.45, 2.75) is 25.8 Å². The maximum atomic E-state index is 12.2. The lowest BCUT2D eigenvalue weighted by Crippen LogP contribution is -2.49. The highest BCUT2D eigenvalue weighted by Crippen LogP contribution is 2.12. The molecule has 1 amide bonds.